The summed E-state index contributed by atoms with van der Waals surface area (Å²) >= 11 is 0. The van der Waals surface area contributed by atoms with E-state index in [2.05, 4.69) is 6.92 Å². The second kappa shape index (κ2) is 6.17. The fraction of sp³-hybridized carbons (Fsp3) is 0.533. The van der Waals surface area contributed by atoms with Crippen molar-refractivity contribution < 1.29 is 9.90 Å². The Bertz CT molecular complexity index is 421. The minimum atomic E-state index is -0.416. The normalized spacial score (nSPS) is 25.4. The maximum atomic E-state index is 12.5. The zero-order chi connectivity index (χ0) is 13.8. The molecule has 1 fully saturated rings. The van der Waals surface area contributed by atoms with Crippen molar-refractivity contribution in [1.29, 1.82) is 0 Å². The molecule has 1 aromatic rings. The van der Waals surface area contributed by atoms with Gasteiger partial charge >= 0.3 is 0 Å². The molecule has 2 atom stereocenters. The number of carbonyl (C=O) groups excluding carboxylic acids is 1. The fourth-order valence-electron chi connectivity index (χ4n) is 2.52. The summed E-state index contributed by atoms with van der Waals surface area (Å²) in [5, 5.41) is 9.47. The summed E-state index contributed by atoms with van der Waals surface area (Å²) in [7, 11) is 1.91. The van der Waals surface area contributed by atoms with Crippen LogP contribution in [0.25, 0.3) is 0 Å². The van der Waals surface area contributed by atoms with Crippen LogP contribution in [0.15, 0.2) is 30.3 Å². The van der Waals surface area contributed by atoms with Crippen LogP contribution in [0.2, 0.25) is 0 Å². The highest BCUT2D eigenvalue weighted by molar-refractivity contribution is 5.82. The Morgan fingerprint density at radius 3 is 2.63 bits per heavy atom. The highest BCUT2D eigenvalue weighted by Crippen LogP contribution is 2.17. The number of amides is 1. The Kier molecular flexibility index (Phi) is 4.56. The van der Waals surface area contributed by atoms with Gasteiger partial charge in [-0.1, -0.05) is 30.3 Å². The SMILES string of the molecule is CC1CCN(Cc2ccccc2)C(=O)C(CO)N1C. The Morgan fingerprint density at radius 1 is 1.32 bits per heavy atom. The van der Waals surface area contributed by atoms with Crippen molar-refractivity contribution in [3.8, 4) is 0 Å². The first-order chi connectivity index (χ1) is 9.13. The van der Waals surface area contributed by atoms with Crippen molar-refractivity contribution >= 4 is 5.91 Å². The topological polar surface area (TPSA) is 43.8 Å². The Balaban J connectivity index is 2.14. The van der Waals surface area contributed by atoms with Gasteiger partial charge in [-0.3, -0.25) is 9.69 Å². The Hall–Kier alpha value is -1.39. The van der Waals surface area contributed by atoms with Gasteiger partial charge in [0.15, 0.2) is 0 Å². The molecule has 2 unspecified atom stereocenters. The highest BCUT2D eigenvalue weighted by atomic mass is 16.3. The predicted octanol–water partition coefficient (Wildman–Crippen LogP) is 1.10. The number of aliphatic hydroxyl groups excluding tert-OH is 1. The lowest BCUT2D eigenvalue weighted by Gasteiger charge is -2.29. The molecule has 104 valence electrons. The molecule has 1 aliphatic heterocycles. The maximum absolute atomic E-state index is 12.5. The lowest BCUT2D eigenvalue weighted by atomic mass is 10.2. The first-order valence-electron chi connectivity index (χ1n) is 6.79. The molecular weight excluding hydrogens is 240 g/mol. The van der Waals surface area contributed by atoms with E-state index in [-0.39, 0.29) is 12.5 Å². The van der Waals surface area contributed by atoms with Gasteiger partial charge in [0, 0.05) is 19.1 Å². The lowest BCUT2D eigenvalue weighted by Crippen LogP contribution is -2.48. The summed E-state index contributed by atoms with van der Waals surface area (Å²) in [5.74, 6) is 0.0261. The van der Waals surface area contributed by atoms with Gasteiger partial charge in [-0.25, -0.2) is 0 Å². The molecule has 4 nitrogen and oxygen atoms in total. The van der Waals surface area contributed by atoms with Gasteiger partial charge in [-0.2, -0.15) is 0 Å². The number of hydrogen-bond donors (Lipinski definition) is 1. The lowest BCUT2D eigenvalue weighted by molar-refractivity contribution is -0.137. The van der Waals surface area contributed by atoms with Gasteiger partial charge in [-0.15, -0.1) is 0 Å². The van der Waals surface area contributed by atoms with Crippen molar-refractivity contribution in [3.63, 3.8) is 0 Å². The molecule has 0 aromatic heterocycles. The second-order valence-electron chi connectivity index (χ2n) is 5.25. The minimum absolute atomic E-state index is 0.0261. The van der Waals surface area contributed by atoms with Crippen LogP contribution in [0.3, 0.4) is 0 Å². The van der Waals surface area contributed by atoms with Crippen molar-refractivity contribution in [2.24, 2.45) is 0 Å². The zero-order valence-corrected chi connectivity index (χ0v) is 11.6. The van der Waals surface area contributed by atoms with Gasteiger partial charge < -0.3 is 10.0 Å². The molecule has 0 radical (unpaired) electrons. The number of rotatable bonds is 3. The van der Waals surface area contributed by atoms with Crippen LogP contribution in [0.5, 0.6) is 0 Å². The number of likely N-dealkylation sites (N-methyl/N-ethyl adjacent to an activating group) is 1. The van der Waals surface area contributed by atoms with Gasteiger partial charge in [0.25, 0.3) is 0 Å². The number of carbonyl (C=O) groups is 1. The molecule has 0 bridgehead atoms. The van der Waals surface area contributed by atoms with Crippen molar-refractivity contribution in [1.82, 2.24) is 9.80 Å². The molecule has 1 amide bonds. The van der Waals surface area contributed by atoms with Crippen LogP contribution in [-0.2, 0) is 11.3 Å². The van der Waals surface area contributed by atoms with Crippen LogP contribution in [0.4, 0.5) is 0 Å². The minimum Gasteiger partial charge on any atom is -0.394 e. The summed E-state index contributed by atoms with van der Waals surface area (Å²) in [6, 6.07) is 9.88. The van der Waals surface area contributed by atoms with Gasteiger partial charge in [0.1, 0.15) is 6.04 Å². The van der Waals surface area contributed by atoms with Crippen LogP contribution < -0.4 is 0 Å². The molecule has 1 saturated heterocycles. The fourth-order valence-corrected chi connectivity index (χ4v) is 2.52. The van der Waals surface area contributed by atoms with Crippen molar-refractivity contribution in [2.45, 2.75) is 32.0 Å². The van der Waals surface area contributed by atoms with Crippen molar-refractivity contribution in [3.05, 3.63) is 35.9 Å². The quantitative estimate of drug-likeness (QED) is 0.887. The third kappa shape index (κ3) is 3.14. The molecular formula is C15H22N2O2. The molecule has 0 aliphatic carbocycles. The molecule has 1 N–H and O–H groups in total. The molecule has 19 heavy (non-hydrogen) atoms. The Morgan fingerprint density at radius 2 is 2.00 bits per heavy atom. The van der Waals surface area contributed by atoms with E-state index in [1.807, 2.05) is 47.2 Å². The Labute approximate surface area is 114 Å². The zero-order valence-electron chi connectivity index (χ0n) is 11.6. The molecule has 2 rings (SSSR count). The third-order valence-electron chi connectivity index (χ3n) is 3.99. The average Bonchev–Trinajstić information content (AvgIpc) is 2.52. The summed E-state index contributed by atoms with van der Waals surface area (Å²) in [5.41, 5.74) is 1.13. The smallest absolute Gasteiger partial charge is 0.242 e. The van der Waals surface area contributed by atoms with Gasteiger partial charge in [0.05, 0.1) is 6.61 Å². The molecule has 1 aliphatic rings. The molecule has 1 aromatic carbocycles. The summed E-state index contributed by atoms with van der Waals surface area (Å²) in [6.07, 6.45) is 0.936. The van der Waals surface area contributed by atoms with Gasteiger partial charge in [0.2, 0.25) is 5.91 Å². The van der Waals surface area contributed by atoms with E-state index in [0.29, 0.717) is 12.6 Å². The molecule has 0 spiro atoms. The summed E-state index contributed by atoms with van der Waals surface area (Å²) in [6.45, 7) is 3.35. The first kappa shape index (κ1) is 14.0. The van der Waals surface area contributed by atoms with Crippen LogP contribution in [-0.4, -0.2) is 53.1 Å². The summed E-state index contributed by atoms with van der Waals surface area (Å²) < 4.78 is 0. The van der Waals surface area contributed by atoms with E-state index in [0.717, 1.165) is 18.5 Å². The largest absolute Gasteiger partial charge is 0.394 e. The van der Waals surface area contributed by atoms with E-state index >= 15 is 0 Å². The van der Waals surface area contributed by atoms with E-state index in [9.17, 15) is 9.90 Å². The number of benzene rings is 1. The average molecular weight is 262 g/mol. The van der Waals surface area contributed by atoms with Gasteiger partial charge in [-0.05, 0) is 26.0 Å². The second-order valence-corrected chi connectivity index (χ2v) is 5.25. The monoisotopic (exact) mass is 262 g/mol. The van der Waals surface area contributed by atoms with Crippen LogP contribution >= 0.6 is 0 Å². The maximum Gasteiger partial charge on any atom is 0.242 e. The number of hydrogen-bond acceptors (Lipinski definition) is 3. The van der Waals surface area contributed by atoms with Crippen molar-refractivity contribution in [2.75, 3.05) is 20.2 Å². The molecule has 0 saturated carbocycles. The highest BCUT2D eigenvalue weighted by Gasteiger charge is 2.33. The summed E-state index contributed by atoms with van der Waals surface area (Å²) in [4.78, 5) is 16.3. The first-order valence-corrected chi connectivity index (χ1v) is 6.79. The molecule has 1 heterocycles. The van der Waals surface area contributed by atoms with E-state index in [1.165, 1.54) is 0 Å². The molecule has 4 heteroatoms. The third-order valence-corrected chi connectivity index (χ3v) is 3.99. The van der Waals surface area contributed by atoms with Crippen LogP contribution in [0.1, 0.15) is 18.9 Å². The number of aliphatic hydroxyl groups is 1. The van der Waals surface area contributed by atoms with E-state index < -0.39 is 6.04 Å². The number of nitrogens with zero attached hydrogens (tertiary/aromatic N) is 2. The standard InChI is InChI=1S/C15H22N2O2/c1-12-8-9-17(10-13-6-4-3-5-7-13)15(19)14(11-18)16(12)2/h3-7,12,14,18H,8-11H2,1-2H3. The van der Waals surface area contributed by atoms with E-state index in [1.54, 1.807) is 0 Å². The predicted molar refractivity (Wildman–Crippen MR) is 74.6 cm³/mol. The van der Waals surface area contributed by atoms with E-state index in [4.69, 9.17) is 0 Å². The van der Waals surface area contributed by atoms with Crippen LogP contribution in [0, 0.1) is 0 Å².